The summed E-state index contributed by atoms with van der Waals surface area (Å²) in [5, 5.41) is 8.94. The number of rotatable bonds is 3. The Kier molecular flexibility index (Phi) is 3.54. The van der Waals surface area contributed by atoms with Crippen LogP contribution in [0.3, 0.4) is 0 Å². The maximum absolute atomic E-state index is 12.2. The van der Waals surface area contributed by atoms with E-state index in [9.17, 15) is 8.42 Å². The van der Waals surface area contributed by atoms with Gasteiger partial charge in [0.05, 0.1) is 16.1 Å². The molecule has 0 amide bonds. The van der Waals surface area contributed by atoms with E-state index in [2.05, 4.69) is 4.72 Å². The molecule has 0 unspecified atom stereocenters. The average molecular weight is 272 g/mol. The van der Waals surface area contributed by atoms with Crippen LogP contribution in [-0.4, -0.2) is 8.42 Å². The molecule has 4 nitrogen and oxygen atoms in total. The summed E-state index contributed by atoms with van der Waals surface area (Å²) in [5.41, 5.74) is 1.56. The van der Waals surface area contributed by atoms with Gasteiger partial charge < -0.3 is 0 Å². The van der Waals surface area contributed by atoms with Crippen molar-refractivity contribution in [1.29, 1.82) is 5.26 Å². The smallest absolute Gasteiger partial charge is 0.261 e. The summed E-state index contributed by atoms with van der Waals surface area (Å²) in [6.07, 6.45) is 0. The number of para-hydroxylation sites is 1. The van der Waals surface area contributed by atoms with Crippen LogP contribution in [0.4, 0.5) is 5.69 Å². The SMILES string of the molecule is Cc1ccc(S(=O)(=O)Nc2ccccc2C#N)cc1. The minimum atomic E-state index is -3.66. The highest BCUT2D eigenvalue weighted by molar-refractivity contribution is 7.92. The topological polar surface area (TPSA) is 70.0 Å². The van der Waals surface area contributed by atoms with Gasteiger partial charge in [0.25, 0.3) is 10.0 Å². The molecule has 2 rings (SSSR count). The van der Waals surface area contributed by atoms with E-state index in [1.54, 1.807) is 36.4 Å². The number of hydrogen-bond donors (Lipinski definition) is 1. The molecular formula is C14H12N2O2S. The Hall–Kier alpha value is -2.32. The molecule has 0 saturated carbocycles. The van der Waals surface area contributed by atoms with E-state index in [-0.39, 0.29) is 16.1 Å². The summed E-state index contributed by atoms with van der Waals surface area (Å²) in [4.78, 5) is 0.172. The molecular weight excluding hydrogens is 260 g/mol. The van der Waals surface area contributed by atoms with Crippen LogP contribution in [-0.2, 0) is 10.0 Å². The van der Waals surface area contributed by atoms with Gasteiger partial charge in [0.15, 0.2) is 0 Å². The minimum absolute atomic E-state index is 0.172. The van der Waals surface area contributed by atoms with Gasteiger partial charge >= 0.3 is 0 Å². The van der Waals surface area contributed by atoms with Crippen molar-refractivity contribution in [2.45, 2.75) is 11.8 Å². The van der Waals surface area contributed by atoms with Crippen LogP contribution < -0.4 is 4.72 Å². The number of nitrogens with zero attached hydrogens (tertiary/aromatic N) is 1. The van der Waals surface area contributed by atoms with Crippen LogP contribution in [0, 0.1) is 18.3 Å². The van der Waals surface area contributed by atoms with Crippen LogP contribution in [0.1, 0.15) is 11.1 Å². The van der Waals surface area contributed by atoms with Crippen molar-refractivity contribution >= 4 is 15.7 Å². The van der Waals surface area contributed by atoms with Crippen molar-refractivity contribution in [3.05, 3.63) is 59.7 Å². The highest BCUT2D eigenvalue weighted by Crippen LogP contribution is 2.19. The van der Waals surface area contributed by atoms with E-state index < -0.39 is 10.0 Å². The third kappa shape index (κ3) is 2.92. The van der Waals surface area contributed by atoms with Crippen LogP contribution in [0.25, 0.3) is 0 Å². The predicted octanol–water partition coefficient (Wildman–Crippen LogP) is 2.67. The fourth-order valence-corrected chi connectivity index (χ4v) is 2.67. The molecule has 0 aliphatic heterocycles. The van der Waals surface area contributed by atoms with Crippen LogP contribution in [0.5, 0.6) is 0 Å². The molecule has 5 heteroatoms. The van der Waals surface area contributed by atoms with Crippen molar-refractivity contribution in [3.63, 3.8) is 0 Å². The van der Waals surface area contributed by atoms with E-state index in [4.69, 9.17) is 5.26 Å². The second kappa shape index (κ2) is 5.12. The molecule has 1 N–H and O–H groups in total. The Labute approximate surface area is 112 Å². The fourth-order valence-electron chi connectivity index (χ4n) is 1.59. The number of aryl methyl sites for hydroxylation is 1. The second-order valence-electron chi connectivity index (χ2n) is 4.08. The molecule has 0 aliphatic carbocycles. The summed E-state index contributed by atoms with van der Waals surface area (Å²) in [6.45, 7) is 1.88. The van der Waals surface area contributed by atoms with Crippen LogP contribution in [0.15, 0.2) is 53.4 Å². The molecule has 0 heterocycles. The number of hydrogen-bond acceptors (Lipinski definition) is 3. The van der Waals surface area contributed by atoms with Crippen molar-refractivity contribution in [1.82, 2.24) is 0 Å². The Morgan fingerprint density at radius 1 is 1.05 bits per heavy atom. The van der Waals surface area contributed by atoms with E-state index in [0.29, 0.717) is 0 Å². The second-order valence-corrected chi connectivity index (χ2v) is 5.76. The van der Waals surface area contributed by atoms with Gasteiger partial charge in [0, 0.05) is 0 Å². The number of nitriles is 1. The molecule has 0 radical (unpaired) electrons. The molecule has 2 aromatic rings. The Bertz CT molecular complexity index is 729. The minimum Gasteiger partial charge on any atom is -0.278 e. The highest BCUT2D eigenvalue weighted by Gasteiger charge is 2.15. The summed E-state index contributed by atoms with van der Waals surface area (Å²) in [5.74, 6) is 0. The monoisotopic (exact) mass is 272 g/mol. The summed E-state index contributed by atoms with van der Waals surface area (Å²) < 4.78 is 26.7. The molecule has 0 atom stereocenters. The lowest BCUT2D eigenvalue weighted by molar-refractivity contribution is 0.601. The predicted molar refractivity (Wildman–Crippen MR) is 73.1 cm³/mol. The summed E-state index contributed by atoms with van der Waals surface area (Å²) in [7, 11) is -3.66. The molecule has 0 aliphatic rings. The first-order valence-corrected chi connectivity index (χ1v) is 7.10. The quantitative estimate of drug-likeness (QED) is 0.933. The van der Waals surface area contributed by atoms with Gasteiger partial charge in [-0.25, -0.2) is 8.42 Å². The Balaban J connectivity index is 2.37. The van der Waals surface area contributed by atoms with Crippen LogP contribution >= 0.6 is 0 Å². The van der Waals surface area contributed by atoms with Gasteiger partial charge in [-0.15, -0.1) is 0 Å². The first-order valence-electron chi connectivity index (χ1n) is 5.61. The number of nitrogens with one attached hydrogen (secondary N) is 1. The molecule has 96 valence electrons. The van der Waals surface area contributed by atoms with Crippen molar-refractivity contribution < 1.29 is 8.42 Å². The normalized spacial score (nSPS) is 10.7. The van der Waals surface area contributed by atoms with Crippen molar-refractivity contribution in [2.24, 2.45) is 0 Å². The Morgan fingerprint density at radius 3 is 2.32 bits per heavy atom. The molecule has 0 bridgehead atoms. The Morgan fingerprint density at radius 2 is 1.68 bits per heavy atom. The standard InChI is InChI=1S/C14H12N2O2S/c1-11-6-8-13(9-7-11)19(17,18)16-14-5-3-2-4-12(14)10-15/h2-9,16H,1H3. The lowest BCUT2D eigenvalue weighted by atomic mass is 10.2. The third-order valence-corrected chi connectivity index (χ3v) is 4.00. The number of benzene rings is 2. The molecule has 0 fully saturated rings. The zero-order chi connectivity index (χ0) is 13.9. The fraction of sp³-hybridized carbons (Fsp3) is 0.0714. The van der Waals surface area contributed by atoms with Gasteiger partial charge in [0.2, 0.25) is 0 Å². The van der Waals surface area contributed by atoms with E-state index in [1.165, 1.54) is 12.1 Å². The zero-order valence-electron chi connectivity index (χ0n) is 10.3. The molecule has 0 spiro atoms. The number of sulfonamides is 1. The highest BCUT2D eigenvalue weighted by atomic mass is 32.2. The largest absolute Gasteiger partial charge is 0.278 e. The molecule has 0 aromatic heterocycles. The van der Waals surface area contributed by atoms with Gasteiger partial charge in [-0.05, 0) is 31.2 Å². The summed E-state index contributed by atoms with van der Waals surface area (Å²) in [6, 6.07) is 15.0. The zero-order valence-corrected chi connectivity index (χ0v) is 11.1. The first-order chi connectivity index (χ1) is 9.03. The average Bonchev–Trinajstić information content (AvgIpc) is 2.39. The number of anilines is 1. The van der Waals surface area contributed by atoms with Gasteiger partial charge in [-0.2, -0.15) is 5.26 Å². The van der Waals surface area contributed by atoms with E-state index >= 15 is 0 Å². The molecule has 0 saturated heterocycles. The van der Waals surface area contributed by atoms with Crippen molar-refractivity contribution in [3.8, 4) is 6.07 Å². The molecule has 19 heavy (non-hydrogen) atoms. The van der Waals surface area contributed by atoms with Crippen LogP contribution in [0.2, 0.25) is 0 Å². The summed E-state index contributed by atoms with van der Waals surface area (Å²) >= 11 is 0. The van der Waals surface area contributed by atoms with E-state index in [0.717, 1.165) is 5.56 Å². The third-order valence-electron chi connectivity index (χ3n) is 2.62. The van der Waals surface area contributed by atoms with Gasteiger partial charge in [-0.3, -0.25) is 4.72 Å². The lowest BCUT2D eigenvalue weighted by Gasteiger charge is -2.09. The van der Waals surface area contributed by atoms with Crippen molar-refractivity contribution in [2.75, 3.05) is 4.72 Å². The maximum Gasteiger partial charge on any atom is 0.261 e. The maximum atomic E-state index is 12.2. The van der Waals surface area contributed by atoms with E-state index in [1.807, 2.05) is 13.0 Å². The first kappa shape index (κ1) is 13.1. The van der Waals surface area contributed by atoms with Gasteiger partial charge in [0.1, 0.15) is 6.07 Å². The van der Waals surface area contributed by atoms with Gasteiger partial charge in [-0.1, -0.05) is 29.8 Å². The lowest BCUT2D eigenvalue weighted by Crippen LogP contribution is -2.13. The molecule has 2 aromatic carbocycles.